The lowest BCUT2D eigenvalue weighted by molar-refractivity contribution is 0.0995. The summed E-state index contributed by atoms with van der Waals surface area (Å²) in [5, 5.41) is 5.73. The predicted octanol–water partition coefficient (Wildman–Crippen LogP) is 5.70. The highest BCUT2D eigenvalue weighted by Gasteiger charge is 2.09. The van der Waals surface area contributed by atoms with E-state index in [1.54, 1.807) is 25.4 Å². The number of ether oxygens (including phenoxy) is 1. The number of hydrogen-bond acceptors (Lipinski definition) is 5. The number of nitrogens with one attached hydrogen (secondary N) is 1. The zero-order valence-corrected chi connectivity index (χ0v) is 19.1. The first-order chi connectivity index (χ1) is 16.0. The lowest BCUT2D eigenvalue weighted by Gasteiger charge is -2.15. The number of carbonyl (C=O) groups is 1. The van der Waals surface area contributed by atoms with Crippen molar-refractivity contribution in [3.05, 3.63) is 88.8 Å². The molecule has 2 aromatic heterocycles. The van der Waals surface area contributed by atoms with Gasteiger partial charge in [0, 0.05) is 16.6 Å². The van der Waals surface area contributed by atoms with Crippen LogP contribution in [-0.2, 0) is 12.8 Å². The van der Waals surface area contributed by atoms with Gasteiger partial charge in [-0.15, -0.1) is 0 Å². The molecule has 1 aliphatic rings. The van der Waals surface area contributed by atoms with Crippen LogP contribution in [0.5, 0.6) is 5.75 Å². The van der Waals surface area contributed by atoms with E-state index in [0.29, 0.717) is 16.5 Å². The molecule has 0 radical (unpaired) electrons. The van der Waals surface area contributed by atoms with E-state index >= 15 is 0 Å². The molecular weight excluding hydrogens is 436 g/mol. The minimum atomic E-state index is -0.559. The van der Waals surface area contributed by atoms with E-state index in [1.165, 1.54) is 43.0 Å². The normalized spacial score (nSPS) is 12.3. The number of halogens is 1. The van der Waals surface area contributed by atoms with Crippen LogP contribution in [-0.4, -0.2) is 23.0 Å². The Balaban J connectivity index is 0.000000183. The fourth-order valence-electron chi connectivity index (χ4n) is 3.83. The number of amides is 1. The molecule has 2 aromatic carbocycles. The number of fused-ring (bicyclic) bond motifs is 2. The molecule has 7 heteroatoms. The Labute approximate surface area is 197 Å². The number of aryl methyl sites for hydroxylation is 2. The second kappa shape index (κ2) is 10.3. The summed E-state index contributed by atoms with van der Waals surface area (Å²) in [6.45, 7) is 0. The van der Waals surface area contributed by atoms with Crippen LogP contribution < -0.4 is 15.8 Å². The van der Waals surface area contributed by atoms with Gasteiger partial charge in [0.15, 0.2) is 0 Å². The highest BCUT2D eigenvalue weighted by Crippen LogP contribution is 2.27. The minimum absolute atomic E-state index is 0.217. The Morgan fingerprint density at radius 1 is 1.00 bits per heavy atom. The molecule has 168 valence electrons. The number of anilines is 2. The molecule has 33 heavy (non-hydrogen) atoms. The fourth-order valence-corrected chi connectivity index (χ4v) is 4.00. The smallest absolute Gasteiger partial charge is 0.267 e. The Bertz CT molecular complexity index is 1280. The molecule has 4 aromatic rings. The third kappa shape index (κ3) is 5.59. The second-order valence-corrected chi connectivity index (χ2v) is 8.22. The van der Waals surface area contributed by atoms with Gasteiger partial charge in [-0.3, -0.25) is 4.79 Å². The summed E-state index contributed by atoms with van der Waals surface area (Å²) in [6, 6.07) is 17.2. The summed E-state index contributed by atoms with van der Waals surface area (Å²) in [7, 11) is 1.73. The van der Waals surface area contributed by atoms with E-state index in [2.05, 4.69) is 33.5 Å². The highest BCUT2D eigenvalue weighted by atomic mass is 35.5. The van der Waals surface area contributed by atoms with Crippen molar-refractivity contribution in [2.24, 2.45) is 5.73 Å². The van der Waals surface area contributed by atoms with E-state index in [-0.39, 0.29) is 5.69 Å². The molecule has 0 aliphatic heterocycles. The van der Waals surface area contributed by atoms with Gasteiger partial charge in [-0.1, -0.05) is 23.7 Å². The largest absolute Gasteiger partial charge is 0.497 e. The SMILES string of the molecule is COc1ccc2c(c1)CCCC2.NC(=O)c1ccc(Nc2nccc3ccc(Cl)cc23)cn1. The molecule has 1 amide bonds. The summed E-state index contributed by atoms with van der Waals surface area (Å²) in [5.41, 5.74) is 9.09. The first-order valence-electron chi connectivity index (χ1n) is 10.8. The lowest BCUT2D eigenvalue weighted by Crippen LogP contribution is -2.12. The summed E-state index contributed by atoms with van der Waals surface area (Å²) in [6.07, 6.45) is 8.40. The third-order valence-electron chi connectivity index (χ3n) is 5.56. The molecule has 5 rings (SSSR count). The summed E-state index contributed by atoms with van der Waals surface area (Å²) in [4.78, 5) is 19.3. The maximum atomic E-state index is 11.0. The number of aromatic nitrogens is 2. The number of benzene rings is 2. The lowest BCUT2D eigenvalue weighted by atomic mass is 9.92. The van der Waals surface area contributed by atoms with Crippen molar-refractivity contribution in [1.29, 1.82) is 0 Å². The number of pyridine rings is 2. The van der Waals surface area contributed by atoms with Crippen molar-refractivity contribution in [3.63, 3.8) is 0 Å². The third-order valence-corrected chi connectivity index (χ3v) is 5.80. The monoisotopic (exact) mass is 460 g/mol. The number of nitrogens with zero attached hydrogens (tertiary/aromatic N) is 2. The number of methoxy groups -OCH3 is 1. The van der Waals surface area contributed by atoms with Crippen LogP contribution >= 0.6 is 11.6 Å². The number of rotatable bonds is 4. The Kier molecular flexibility index (Phi) is 7.05. The fraction of sp³-hybridized carbons (Fsp3) is 0.192. The first-order valence-corrected chi connectivity index (χ1v) is 11.1. The van der Waals surface area contributed by atoms with Crippen LogP contribution in [0.3, 0.4) is 0 Å². The molecule has 1 aliphatic carbocycles. The molecule has 0 unspecified atom stereocenters. The van der Waals surface area contributed by atoms with Crippen molar-refractivity contribution in [3.8, 4) is 5.75 Å². The highest BCUT2D eigenvalue weighted by molar-refractivity contribution is 6.31. The molecule has 3 N–H and O–H groups in total. The standard InChI is InChI=1S/C15H11ClN4O.C11H14O/c16-10-2-1-9-5-6-18-15(12(9)7-10)20-11-3-4-13(14(17)21)19-8-11;1-12-11-7-6-9-4-2-3-5-10(9)8-11/h1-8H,(H2,17,21)(H,18,20);6-8H,2-5H2,1H3. The van der Waals surface area contributed by atoms with E-state index < -0.39 is 5.91 Å². The topological polar surface area (TPSA) is 90.1 Å². The van der Waals surface area contributed by atoms with Crippen molar-refractivity contribution in [1.82, 2.24) is 9.97 Å². The summed E-state index contributed by atoms with van der Waals surface area (Å²) in [5.74, 6) is 1.11. The molecule has 6 nitrogen and oxygen atoms in total. The second-order valence-electron chi connectivity index (χ2n) is 7.79. The Morgan fingerprint density at radius 2 is 1.82 bits per heavy atom. The van der Waals surface area contributed by atoms with E-state index in [9.17, 15) is 4.79 Å². The van der Waals surface area contributed by atoms with Crippen LogP contribution in [0.15, 0.2) is 67.0 Å². The molecule has 0 fully saturated rings. The molecule has 0 saturated carbocycles. The van der Waals surface area contributed by atoms with Gasteiger partial charge < -0.3 is 15.8 Å². The molecule has 2 heterocycles. The average Bonchev–Trinajstić information content (AvgIpc) is 2.85. The van der Waals surface area contributed by atoms with Gasteiger partial charge in [0.1, 0.15) is 17.3 Å². The predicted molar refractivity (Wildman–Crippen MR) is 132 cm³/mol. The Hall–Kier alpha value is -3.64. The van der Waals surface area contributed by atoms with E-state index in [1.807, 2.05) is 24.3 Å². The van der Waals surface area contributed by atoms with Crippen LogP contribution in [0, 0.1) is 0 Å². The zero-order valence-electron chi connectivity index (χ0n) is 18.3. The average molecular weight is 461 g/mol. The van der Waals surface area contributed by atoms with Gasteiger partial charge in [-0.05, 0) is 84.7 Å². The van der Waals surface area contributed by atoms with E-state index in [0.717, 1.165) is 16.5 Å². The van der Waals surface area contributed by atoms with Crippen LogP contribution in [0.1, 0.15) is 34.5 Å². The van der Waals surface area contributed by atoms with Gasteiger partial charge >= 0.3 is 0 Å². The number of nitrogens with two attached hydrogens (primary N) is 1. The van der Waals surface area contributed by atoms with Gasteiger partial charge in [0.05, 0.1) is 19.0 Å². The quantitative estimate of drug-likeness (QED) is 0.407. The van der Waals surface area contributed by atoms with Gasteiger partial charge in [-0.25, -0.2) is 9.97 Å². The Morgan fingerprint density at radius 3 is 2.55 bits per heavy atom. The van der Waals surface area contributed by atoms with Crippen molar-refractivity contribution in [2.75, 3.05) is 12.4 Å². The minimum Gasteiger partial charge on any atom is -0.497 e. The molecular formula is C26H25ClN4O2. The van der Waals surface area contributed by atoms with Gasteiger partial charge in [-0.2, -0.15) is 0 Å². The van der Waals surface area contributed by atoms with Crippen molar-refractivity contribution < 1.29 is 9.53 Å². The first kappa shape index (κ1) is 22.6. The van der Waals surface area contributed by atoms with Gasteiger partial charge in [0.25, 0.3) is 5.91 Å². The molecule has 0 atom stereocenters. The van der Waals surface area contributed by atoms with Gasteiger partial charge in [0.2, 0.25) is 0 Å². The number of primary amides is 1. The zero-order chi connectivity index (χ0) is 23.2. The van der Waals surface area contributed by atoms with Crippen molar-refractivity contribution >= 4 is 39.8 Å². The maximum Gasteiger partial charge on any atom is 0.267 e. The summed E-state index contributed by atoms with van der Waals surface area (Å²) >= 11 is 6.03. The van der Waals surface area contributed by atoms with E-state index in [4.69, 9.17) is 22.1 Å². The number of carbonyl (C=O) groups excluding carboxylic acids is 1. The molecule has 0 bridgehead atoms. The van der Waals surface area contributed by atoms with Crippen LogP contribution in [0.2, 0.25) is 5.02 Å². The molecule has 0 saturated heterocycles. The molecule has 0 spiro atoms. The van der Waals surface area contributed by atoms with Crippen molar-refractivity contribution in [2.45, 2.75) is 25.7 Å². The summed E-state index contributed by atoms with van der Waals surface area (Å²) < 4.78 is 5.18. The van der Waals surface area contributed by atoms with Crippen LogP contribution in [0.25, 0.3) is 10.8 Å². The van der Waals surface area contributed by atoms with Crippen LogP contribution in [0.4, 0.5) is 11.5 Å². The number of hydrogen-bond donors (Lipinski definition) is 2. The maximum absolute atomic E-state index is 11.0.